The van der Waals surface area contributed by atoms with Crippen LogP contribution in [0.4, 0.5) is 5.95 Å². The molecule has 0 spiro atoms. The third-order valence-electron chi connectivity index (χ3n) is 2.76. The molecule has 0 amide bonds. The van der Waals surface area contributed by atoms with Crippen LogP contribution < -0.4 is 5.73 Å². The summed E-state index contributed by atoms with van der Waals surface area (Å²) >= 11 is 1.16. The summed E-state index contributed by atoms with van der Waals surface area (Å²) in [6, 6.07) is 0. The van der Waals surface area contributed by atoms with E-state index >= 15 is 0 Å². The minimum Gasteiger partial charge on any atom is -0.481 e. The molecule has 7 heteroatoms. The quantitative estimate of drug-likeness (QED) is 0.738. The summed E-state index contributed by atoms with van der Waals surface area (Å²) in [7, 11) is 0. The minimum atomic E-state index is -0.863. The van der Waals surface area contributed by atoms with Crippen LogP contribution in [0.25, 0.3) is 0 Å². The summed E-state index contributed by atoms with van der Waals surface area (Å²) in [4.78, 5) is 10.5. The Hall–Kier alpha value is -1.24. The highest BCUT2D eigenvalue weighted by atomic mass is 32.2. The molecule has 1 saturated carbocycles. The van der Waals surface area contributed by atoms with Crippen molar-refractivity contribution < 1.29 is 9.90 Å². The van der Waals surface area contributed by atoms with Gasteiger partial charge in [-0.25, -0.2) is 0 Å². The number of rotatable bonds is 5. The molecule has 0 aliphatic heterocycles. The lowest BCUT2D eigenvalue weighted by molar-refractivity contribution is -0.133. The second-order valence-electron chi connectivity index (χ2n) is 4.11. The fraction of sp³-hybridized carbons (Fsp3) is 0.667. The van der Waals surface area contributed by atoms with Gasteiger partial charge < -0.3 is 10.8 Å². The summed E-state index contributed by atoms with van der Waals surface area (Å²) < 4.78 is 1.81. The molecule has 1 aromatic heterocycles. The molecule has 1 aliphatic carbocycles. The minimum absolute atomic E-state index is 0.0155. The number of aliphatic carboxylic acids is 1. The first kappa shape index (κ1) is 11.3. The Morgan fingerprint density at radius 1 is 1.69 bits per heavy atom. The van der Waals surface area contributed by atoms with Gasteiger partial charge in [0.15, 0.2) is 5.16 Å². The van der Waals surface area contributed by atoms with Crippen LogP contribution in [0, 0.1) is 11.8 Å². The number of nitrogens with zero attached hydrogens (tertiary/aromatic N) is 3. The molecule has 0 radical (unpaired) electrons. The maximum absolute atomic E-state index is 10.5. The largest absolute Gasteiger partial charge is 0.481 e. The van der Waals surface area contributed by atoms with Crippen LogP contribution in [0.5, 0.6) is 0 Å². The summed E-state index contributed by atoms with van der Waals surface area (Å²) in [6.07, 6.45) is 1.20. The smallest absolute Gasteiger partial charge is 0.313 e. The number of hydrogen-bond acceptors (Lipinski definition) is 5. The van der Waals surface area contributed by atoms with E-state index in [1.54, 1.807) is 0 Å². The monoisotopic (exact) mass is 242 g/mol. The second kappa shape index (κ2) is 4.32. The summed E-state index contributed by atoms with van der Waals surface area (Å²) in [5, 5.41) is 16.9. The van der Waals surface area contributed by atoms with Gasteiger partial charge in [0.1, 0.15) is 0 Å². The normalized spacial score (nSPS) is 23.3. The molecule has 0 bridgehead atoms. The lowest BCUT2D eigenvalue weighted by Gasteiger charge is -2.05. The van der Waals surface area contributed by atoms with Crippen molar-refractivity contribution >= 4 is 23.7 Å². The first-order valence-electron chi connectivity index (χ1n) is 5.11. The number of thioether (sulfide) groups is 1. The van der Waals surface area contributed by atoms with E-state index in [0.717, 1.165) is 24.2 Å². The molecule has 3 N–H and O–H groups in total. The maximum Gasteiger partial charge on any atom is 0.313 e. The van der Waals surface area contributed by atoms with Gasteiger partial charge in [-0.1, -0.05) is 18.7 Å². The van der Waals surface area contributed by atoms with Crippen molar-refractivity contribution in [3.63, 3.8) is 0 Å². The number of anilines is 1. The zero-order valence-corrected chi connectivity index (χ0v) is 9.78. The van der Waals surface area contributed by atoms with Gasteiger partial charge in [-0.3, -0.25) is 9.36 Å². The predicted molar refractivity (Wildman–Crippen MR) is 60.1 cm³/mol. The molecule has 2 unspecified atom stereocenters. The van der Waals surface area contributed by atoms with E-state index in [1.165, 1.54) is 6.42 Å². The zero-order chi connectivity index (χ0) is 11.7. The molecule has 1 fully saturated rings. The van der Waals surface area contributed by atoms with E-state index in [1.807, 2.05) is 4.57 Å². The Bertz CT molecular complexity index is 406. The Labute approximate surface area is 97.2 Å². The first-order chi connectivity index (χ1) is 7.58. The van der Waals surface area contributed by atoms with Gasteiger partial charge in [0, 0.05) is 6.54 Å². The van der Waals surface area contributed by atoms with E-state index in [4.69, 9.17) is 10.8 Å². The van der Waals surface area contributed by atoms with Gasteiger partial charge in [0.05, 0.1) is 5.75 Å². The number of hydrogen-bond donors (Lipinski definition) is 2. The summed E-state index contributed by atoms with van der Waals surface area (Å²) in [5.74, 6) is 0.838. The Morgan fingerprint density at radius 2 is 2.38 bits per heavy atom. The average Bonchev–Trinajstić information content (AvgIpc) is 2.79. The third-order valence-corrected chi connectivity index (χ3v) is 3.71. The third kappa shape index (κ3) is 2.46. The average molecular weight is 242 g/mol. The predicted octanol–water partition coefficient (Wildman–Crippen LogP) is 0.693. The molecule has 1 aromatic rings. The van der Waals surface area contributed by atoms with Crippen LogP contribution in [-0.2, 0) is 11.3 Å². The van der Waals surface area contributed by atoms with Gasteiger partial charge in [-0.15, -0.1) is 10.2 Å². The Balaban J connectivity index is 2.03. The van der Waals surface area contributed by atoms with Crippen molar-refractivity contribution in [2.24, 2.45) is 11.8 Å². The van der Waals surface area contributed by atoms with Crippen molar-refractivity contribution in [1.29, 1.82) is 0 Å². The fourth-order valence-corrected chi connectivity index (χ4v) is 2.27. The lowest BCUT2D eigenvalue weighted by Crippen LogP contribution is -2.08. The van der Waals surface area contributed by atoms with Crippen molar-refractivity contribution in [2.45, 2.75) is 25.0 Å². The number of nitrogens with two attached hydrogens (primary N) is 1. The highest BCUT2D eigenvalue weighted by Crippen LogP contribution is 2.40. The van der Waals surface area contributed by atoms with Crippen LogP contribution in [-0.4, -0.2) is 31.6 Å². The molecule has 16 heavy (non-hydrogen) atoms. The van der Waals surface area contributed by atoms with Crippen molar-refractivity contribution in [3.8, 4) is 0 Å². The van der Waals surface area contributed by atoms with E-state index < -0.39 is 5.97 Å². The van der Waals surface area contributed by atoms with Crippen LogP contribution >= 0.6 is 11.8 Å². The summed E-state index contributed by atoms with van der Waals surface area (Å²) in [5.41, 5.74) is 5.70. The molecule has 1 aliphatic rings. The SMILES string of the molecule is CC1CC1Cn1c(N)nnc1SCC(=O)O. The highest BCUT2D eigenvalue weighted by molar-refractivity contribution is 7.99. The van der Waals surface area contributed by atoms with Crippen molar-refractivity contribution in [3.05, 3.63) is 0 Å². The molecule has 88 valence electrons. The molecule has 2 rings (SSSR count). The van der Waals surface area contributed by atoms with E-state index in [9.17, 15) is 4.79 Å². The summed E-state index contributed by atoms with van der Waals surface area (Å²) in [6.45, 7) is 2.98. The Kier molecular flexibility index (Phi) is 3.04. The molecule has 2 atom stereocenters. The highest BCUT2D eigenvalue weighted by Gasteiger charge is 2.33. The first-order valence-corrected chi connectivity index (χ1v) is 6.09. The second-order valence-corrected chi connectivity index (χ2v) is 5.05. The molecule has 0 saturated heterocycles. The zero-order valence-electron chi connectivity index (χ0n) is 8.96. The molecular weight excluding hydrogens is 228 g/mol. The molecule has 6 nitrogen and oxygen atoms in total. The maximum atomic E-state index is 10.5. The van der Waals surface area contributed by atoms with Gasteiger partial charge in [0.2, 0.25) is 5.95 Å². The van der Waals surface area contributed by atoms with Gasteiger partial charge in [0.25, 0.3) is 0 Å². The standard InChI is InChI=1S/C9H14N4O2S/c1-5-2-6(5)3-13-8(10)11-12-9(13)16-4-7(14)15/h5-6H,2-4H2,1H3,(H2,10,11)(H,14,15). The number of aromatic nitrogens is 3. The van der Waals surface area contributed by atoms with Crippen LogP contribution in [0.3, 0.4) is 0 Å². The van der Waals surface area contributed by atoms with Crippen LogP contribution in [0.15, 0.2) is 5.16 Å². The van der Waals surface area contributed by atoms with Gasteiger partial charge >= 0.3 is 5.97 Å². The van der Waals surface area contributed by atoms with Gasteiger partial charge in [-0.05, 0) is 18.3 Å². The van der Waals surface area contributed by atoms with Crippen LogP contribution in [0.1, 0.15) is 13.3 Å². The Morgan fingerprint density at radius 3 is 2.94 bits per heavy atom. The lowest BCUT2D eigenvalue weighted by atomic mass is 10.3. The van der Waals surface area contributed by atoms with Crippen LogP contribution in [0.2, 0.25) is 0 Å². The van der Waals surface area contributed by atoms with E-state index in [2.05, 4.69) is 17.1 Å². The molecular formula is C9H14N4O2S. The number of carbonyl (C=O) groups is 1. The van der Waals surface area contributed by atoms with Crippen molar-refractivity contribution in [1.82, 2.24) is 14.8 Å². The number of carboxylic acids is 1. The number of carboxylic acid groups (broad SMARTS) is 1. The van der Waals surface area contributed by atoms with Gasteiger partial charge in [-0.2, -0.15) is 0 Å². The topological polar surface area (TPSA) is 94.0 Å². The van der Waals surface area contributed by atoms with E-state index in [-0.39, 0.29) is 5.75 Å². The number of nitrogen functional groups attached to an aromatic ring is 1. The fourth-order valence-electron chi connectivity index (χ4n) is 1.59. The van der Waals surface area contributed by atoms with E-state index in [0.29, 0.717) is 17.0 Å². The molecule has 1 heterocycles. The van der Waals surface area contributed by atoms with Crippen molar-refractivity contribution in [2.75, 3.05) is 11.5 Å². The molecule has 0 aromatic carbocycles.